The molecule has 0 saturated carbocycles. The summed E-state index contributed by atoms with van der Waals surface area (Å²) >= 11 is 0. The van der Waals surface area contributed by atoms with Crippen molar-refractivity contribution in [1.29, 1.82) is 0 Å². The lowest BCUT2D eigenvalue weighted by Crippen LogP contribution is -2.27. The molecule has 0 saturated heterocycles. The van der Waals surface area contributed by atoms with Crippen LogP contribution in [-0.4, -0.2) is 89.8 Å². The molecule has 0 aromatic heterocycles. The van der Waals surface area contributed by atoms with Crippen molar-refractivity contribution in [2.75, 3.05) is 22.1 Å². The number of ether oxygens (including phenoxy) is 4. The van der Waals surface area contributed by atoms with E-state index < -0.39 is 59.2 Å². The van der Waals surface area contributed by atoms with Gasteiger partial charge in [0.1, 0.15) is 56.5 Å². The maximum atomic E-state index is 11.7. The number of benzene rings is 4. The number of anilines is 4. The lowest BCUT2D eigenvalue weighted by Gasteiger charge is -2.19. The predicted molar refractivity (Wildman–Crippen MR) is 237 cm³/mol. The Morgan fingerprint density at radius 3 is 1.15 bits per heavy atom. The second-order valence-electron chi connectivity index (χ2n) is 15.1. The molecule has 0 radical (unpaired) electrons. The number of aromatic carboxylic acids is 4. The second kappa shape index (κ2) is 24.9. The highest BCUT2D eigenvalue weighted by atomic mass is 16.6. The Balaban J connectivity index is 0.000000452. The average molecular weight is 925 g/mol. The van der Waals surface area contributed by atoms with Gasteiger partial charge in [-0.05, 0) is 114 Å². The summed E-state index contributed by atoms with van der Waals surface area (Å²) in [6.45, 7) is 13.5. The zero-order valence-corrected chi connectivity index (χ0v) is 37.1. The summed E-state index contributed by atoms with van der Waals surface area (Å²) in [7, 11) is 0. The van der Waals surface area contributed by atoms with Crippen LogP contribution < -0.4 is 31.6 Å². The minimum Gasteiger partial charge on any atom is -0.507 e. The molecule has 2 amide bonds. The summed E-state index contributed by atoms with van der Waals surface area (Å²) in [4.78, 5) is 88.5. The number of hydrogen-bond donors (Lipinski definition) is 10. The highest BCUT2D eigenvalue weighted by molar-refractivity contribution is 5.96. The highest BCUT2D eigenvalue weighted by Gasteiger charge is 2.20. The van der Waals surface area contributed by atoms with Crippen LogP contribution in [0.25, 0.3) is 0 Å². The number of rotatable bonds is 10. The first kappa shape index (κ1) is 55.5. The number of carbonyl (C=O) groups excluding carboxylic acids is 4. The molecule has 66 heavy (non-hydrogen) atoms. The summed E-state index contributed by atoms with van der Waals surface area (Å²) in [5.41, 5.74) is 9.69. The van der Waals surface area contributed by atoms with Crippen LogP contribution in [0.3, 0.4) is 0 Å². The molecule has 22 heteroatoms. The Morgan fingerprint density at radius 2 is 0.788 bits per heavy atom. The zero-order valence-electron chi connectivity index (χ0n) is 37.1. The Morgan fingerprint density at radius 1 is 0.485 bits per heavy atom. The Hall–Kier alpha value is -8.56. The normalized spacial score (nSPS) is 10.3. The molecule has 4 aromatic rings. The van der Waals surface area contributed by atoms with Crippen molar-refractivity contribution >= 4 is 70.8 Å². The molecule has 0 aliphatic carbocycles. The highest BCUT2D eigenvalue weighted by Crippen LogP contribution is 2.26. The maximum Gasteiger partial charge on any atom is 0.412 e. The SMILES string of the molecule is CC(C)(C)OC(=O)Nc1ccc(O)c(C(=O)O)c1.CCC(=O)Oc1ccc(N)cc1C(=O)O.CCC(=O)Oc1ccc(NC(=O)OC(C)(C)C)cc1C(=O)O.Nc1ccc(O)c(C(=O)O)c1. The van der Waals surface area contributed by atoms with Crippen molar-refractivity contribution in [2.45, 2.75) is 79.4 Å². The van der Waals surface area contributed by atoms with Crippen molar-refractivity contribution in [3.63, 3.8) is 0 Å². The summed E-state index contributed by atoms with van der Waals surface area (Å²) in [6, 6.07) is 15.6. The van der Waals surface area contributed by atoms with Crippen LogP contribution in [-0.2, 0) is 19.1 Å². The van der Waals surface area contributed by atoms with E-state index in [-0.39, 0.29) is 69.5 Å². The van der Waals surface area contributed by atoms with E-state index in [1.54, 1.807) is 55.4 Å². The minimum absolute atomic E-state index is 0.0172. The van der Waals surface area contributed by atoms with Crippen LogP contribution in [0.4, 0.5) is 32.3 Å². The Kier molecular flexibility index (Phi) is 20.9. The fourth-order valence-corrected chi connectivity index (χ4v) is 4.41. The third-order valence-corrected chi connectivity index (χ3v) is 7.24. The number of nitrogen functional groups attached to an aromatic ring is 2. The molecule has 0 bridgehead atoms. The van der Waals surface area contributed by atoms with E-state index >= 15 is 0 Å². The predicted octanol–water partition coefficient (Wildman–Crippen LogP) is 7.44. The maximum absolute atomic E-state index is 11.7. The number of aromatic hydroxyl groups is 2. The third kappa shape index (κ3) is 20.5. The van der Waals surface area contributed by atoms with Gasteiger partial charge in [0.2, 0.25) is 0 Å². The van der Waals surface area contributed by atoms with Crippen molar-refractivity contribution in [3.05, 3.63) is 95.1 Å². The molecule has 4 rings (SSSR count). The molecular weight excluding hydrogens is 872 g/mol. The first-order valence-corrected chi connectivity index (χ1v) is 19.3. The van der Waals surface area contributed by atoms with Gasteiger partial charge >= 0.3 is 48.0 Å². The number of esters is 2. The van der Waals surface area contributed by atoms with E-state index in [9.17, 15) is 43.5 Å². The lowest BCUT2D eigenvalue weighted by atomic mass is 10.1. The average Bonchev–Trinajstić information content (AvgIpc) is 3.19. The third-order valence-electron chi connectivity index (χ3n) is 7.24. The van der Waals surface area contributed by atoms with Gasteiger partial charge in [0.15, 0.2) is 0 Å². The fourth-order valence-electron chi connectivity index (χ4n) is 4.41. The Labute approximate surface area is 377 Å². The van der Waals surface area contributed by atoms with Gasteiger partial charge in [-0.25, -0.2) is 28.8 Å². The quantitative estimate of drug-likeness (QED) is 0.0319. The topological polar surface area (TPSA) is 371 Å². The summed E-state index contributed by atoms with van der Waals surface area (Å²) in [6.07, 6.45) is -1.09. The molecule has 22 nitrogen and oxygen atoms in total. The van der Waals surface area contributed by atoms with Gasteiger partial charge < -0.3 is 61.1 Å². The van der Waals surface area contributed by atoms with Gasteiger partial charge in [-0.1, -0.05) is 13.8 Å². The van der Waals surface area contributed by atoms with Gasteiger partial charge in [-0.2, -0.15) is 0 Å². The molecule has 0 fully saturated rings. The number of phenols is 2. The molecule has 4 aromatic carbocycles. The van der Waals surface area contributed by atoms with Crippen LogP contribution in [0.1, 0.15) is 110 Å². The van der Waals surface area contributed by atoms with Crippen LogP contribution in [0.5, 0.6) is 23.0 Å². The van der Waals surface area contributed by atoms with E-state index in [4.69, 9.17) is 55.9 Å². The Bertz CT molecular complexity index is 2420. The van der Waals surface area contributed by atoms with Gasteiger partial charge in [0.25, 0.3) is 0 Å². The van der Waals surface area contributed by atoms with Gasteiger partial charge in [0.05, 0.1) is 0 Å². The van der Waals surface area contributed by atoms with E-state index in [2.05, 4.69) is 10.6 Å². The number of carboxylic acids is 4. The van der Waals surface area contributed by atoms with E-state index in [1.807, 2.05) is 0 Å². The van der Waals surface area contributed by atoms with Crippen molar-refractivity contribution < 1.29 is 87.9 Å². The van der Waals surface area contributed by atoms with Gasteiger partial charge in [0, 0.05) is 35.6 Å². The number of amides is 2. The number of hydrogen-bond acceptors (Lipinski definition) is 16. The summed E-state index contributed by atoms with van der Waals surface area (Å²) in [5, 5.41) is 58.3. The number of carbonyl (C=O) groups is 8. The molecule has 356 valence electrons. The largest absolute Gasteiger partial charge is 0.507 e. The molecule has 0 spiro atoms. The molecule has 0 aliphatic heterocycles. The van der Waals surface area contributed by atoms with Crippen LogP contribution in [0, 0.1) is 0 Å². The summed E-state index contributed by atoms with van der Waals surface area (Å²) in [5.74, 6) is -6.64. The van der Waals surface area contributed by atoms with Gasteiger partial charge in [-0.15, -0.1) is 0 Å². The second-order valence-corrected chi connectivity index (χ2v) is 15.1. The number of nitrogens with one attached hydrogen (secondary N) is 2. The minimum atomic E-state index is -1.28. The van der Waals surface area contributed by atoms with E-state index in [0.29, 0.717) is 11.4 Å². The van der Waals surface area contributed by atoms with Gasteiger partial charge in [-0.3, -0.25) is 20.2 Å². The fraction of sp³-hybridized carbons (Fsp3) is 0.273. The molecular formula is C44H52N4O18. The standard InChI is InChI=1S/C15H19NO6.C12H15NO5.C10H11NO4.C7H7NO3/c1-5-12(17)21-11-7-6-9(8-10(11)13(18)19)16-14(20)22-15(2,3)4;1-12(2,3)18-11(17)13-7-4-5-9(14)8(6-7)10(15)16;1-2-9(12)15-8-4-3-6(11)5-7(8)10(13)14;8-4-1-2-6(9)5(3-4)7(10)11/h6-8H,5H2,1-4H3,(H,16,20)(H,18,19);4-6,14H,1-3H3,(H,13,17)(H,15,16);3-5H,2,11H2,1H3,(H,13,14);1-3,9H,8H2,(H,10,11). The molecule has 0 unspecified atom stereocenters. The smallest absolute Gasteiger partial charge is 0.412 e. The van der Waals surface area contributed by atoms with Crippen molar-refractivity contribution in [3.8, 4) is 23.0 Å². The first-order chi connectivity index (χ1) is 30.5. The van der Waals surface area contributed by atoms with Crippen LogP contribution >= 0.6 is 0 Å². The molecule has 0 heterocycles. The van der Waals surface area contributed by atoms with E-state index in [0.717, 1.165) is 6.07 Å². The van der Waals surface area contributed by atoms with Crippen molar-refractivity contribution in [2.24, 2.45) is 0 Å². The number of nitrogens with two attached hydrogens (primary N) is 2. The molecule has 0 aliphatic rings. The van der Waals surface area contributed by atoms with Crippen molar-refractivity contribution in [1.82, 2.24) is 0 Å². The van der Waals surface area contributed by atoms with E-state index in [1.165, 1.54) is 66.7 Å². The first-order valence-electron chi connectivity index (χ1n) is 19.3. The molecule has 0 atom stereocenters. The molecule has 12 N–H and O–H groups in total. The van der Waals surface area contributed by atoms with Crippen LogP contribution in [0.15, 0.2) is 72.8 Å². The number of carboxylic acid groups (broad SMARTS) is 4. The summed E-state index contributed by atoms with van der Waals surface area (Å²) < 4.78 is 19.9. The zero-order chi connectivity index (χ0) is 50.7. The lowest BCUT2D eigenvalue weighted by molar-refractivity contribution is -0.134. The van der Waals surface area contributed by atoms with Crippen LogP contribution in [0.2, 0.25) is 0 Å². The monoisotopic (exact) mass is 924 g/mol.